The van der Waals surface area contributed by atoms with Crippen molar-refractivity contribution in [2.24, 2.45) is 0 Å². The molecule has 0 radical (unpaired) electrons. The van der Waals surface area contributed by atoms with Crippen LogP contribution in [0.3, 0.4) is 0 Å². The van der Waals surface area contributed by atoms with Gasteiger partial charge in [-0.15, -0.1) is 8.78 Å². The maximum absolute atomic E-state index is 12.4. The lowest BCUT2D eigenvalue weighted by molar-refractivity contribution is -0.0965. The zero-order valence-corrected chi connectivity index (χ0v) is 6.49. The molecule has 0 amide bonds. The second kappa shape index (κ2) is 3.23. The van der Waals surface area contributed by atoms with Crippen LogP contribution in [0.4, 0.5) is 13.2 Å². The van der Waals surface area contributed by atoms with Crippen LogP contribution in [0.15, 0.2) is 24.3 Å². The van der Waals surface area contributed by atoms with E-state index in [4.69, 9.17) is 0 Å². The minimum atomic E-state index is -3.80. The van der Waals surface area contributed by atoms with Crippen molar-refractivity contribution in [2.75, 3.05) is 0 Å². The highest BCUT2D eigenvalue weighted by molar-refractivity contribution is 6.20. The maximum atomic E-state index is 12.4. The van der Waals surface area contributed by atoms with Gasteiger partial charge in [0.15, 0.2) is 0 Å². The number of alkyl halides is 3. The van der Waals surface area contributed by atoms with Crippen molar-refractivity contribution in [3.63, 3.8) is 0 Å². The molecule has 0 aliphatic carbocycles. The molecule has 1 aromatic rings. The van der Waals surface area contributed by atoms with Gasteiger partial charge in [-0.25, -0.2) is 4.39 Å². The summed E-state index contributed by atoms with van der Waals surface area (Å²) >= 11 is 4.44. The van der Waals surface area contributed by atoms with Crippen molar-refractivity contribution in [3.05, 3.63) is 30.1 Å². The number of halogens is 4. The van der Waals surface area contributed by atoms with Crippen molar-refractivity contribution >= 4 is 11.6 Å². The number of rotatable bonds is 2. The molecule has 0 fully saturated rings. The predicted molar refractivity (Wildman–Crippen MR) is 37.8 cm³/mol. The van der Waals surface area contributed by atoms with Gasteiger partial charge >= 0.3 is 5.57 Å². The number of hydrogen-bond donors (Lipinski definition) is 0. The molecule has 1 nitrogen and oxygen atoms in total. The lowest BCUT2D eigenvalue weighted by Gasteiger charge is -2.09. The van der Waals surface area contributed by atoms with Crippen molar-refractivity contribution in [1.29, 1.82) is 0 Å². The van der Waals surface area contributed by atoms with Gasteiger partial charge in [0.1, 0.15) is 11.6 Å². The highest BCUT2D eigenvalue weighted by atomic mass is 35.5. The SMILES string of the molecule is Fc1cccc(OC(F)(F)Cl)c1. The molecular formula is C7H4ClF3O. The smallest absolute Gasteiger partial charge is 0.420 e. The van der Waals surface area contributed by atoms with Crippen LogP contribution < -0.4 is 4.74 Å². The van der Waals surface area contributed by atoms with E-state index in [9.17, 15) is 13.2 Å². The van der Waals surface area contributed by atoms with E-state index in [0.717, 1.165) is 12.1 Å². The molecule has 0 saturated heterocycles. The lowest BCUT2D eigenvalue weighted by atomic mass is 10.3. The molecule has 0 unspecified atom stereocenters. The topological polar surface area (TPSA) is 9.23 Å². The minimum absolute atomic E-state index is 0.310. The molecule has 1 rings (SSSR count). The molecule has 5 heteroatoms. The normalized spacial score (nSPS) is 11.3. The standard InChI is InChI=1S/C7H4ClF3O/c8-7(10,11)12-6-3-1-2-5(9)4-6/h1-4H. The Labute approximate surface area is 71.7 Å². The summed E-state index contributed by atoms with van der Waals surface area (Å²) in [7, 11) is 0. The van der Waals surface area contributed by atoms with E-state index in [-0.39, 0.29) is 5.75 Å². The van der Waals surface area contributed by atoms with Gasteiger partial charge < -0.3 is 4.74 Å². The van der Waals surface area contributed by atoms with E-state index >= 15 is 0 Å². The molecule has 0 saturated carbocycles. The number of benzene rings is 1. The molecule has 0 aliphatic heterocycles. The van der Waals surface area contributed by atoms with Crippen LogP contribution in [0, 0.1) is 5.82 Å². The zero-order valence-electron chi connectivity index (χ0n) is 5.73. The van der Waals surface area contributed by atoms with Gasteiger partial charge in [-0.2, -0.15) is 0 Å². The van der Waals surface area contributed by atoms with Crippen LogP contribution in [-0.4, -0.2) is 5.57 Å². The first-order valence-corrected chi connectivity index (χ1v) is 3.36. The number of ether oxygens (including phenoxy) is 1. The summed E-state index contributed by atoms with van der Waals surface area (Å²) in [5.74, 6) is -0.969. The van der Waals surface area contributed by atoms with Crippen LogP contribution in [0.5, 0.6) is 5.75 Å². The lowest BCUT2D eigenvalue weighted by Crippen LogP contribution is -2.15. The Bertz CT molecular complexity index is 272. The molecule has 66 valence electrons. The molecule has 0 aromatic heterocycles. The Morgan fingerprint density at radius 2 is 2.00 bits per heavy atom. The third-order valence-electron chi connectivity index (χ3n) is 1.03. The highest BCUT2D eigenvalue weighted by Crippen LogP contribution is 2.24. The van der Waals surface area contributed by atoms with Crippen molar-refractivity contribution in [3.8, 4) is 5.75 Å². The Kier molecular flexibility index (Phi) is 2.47. The van der Waals surface area contributed by atoms with Gasteiger partial charge in [0.05, 0.1) is 0 Å². The third-order valence-corrected chi connectivity index (χ3v) is 1.11. The summed E-state index contributed by atoms with van der Waals surface area (Å²) in [5, 5.41) is 0. The molecule has 0 aliphatic rings. The average Bonchev–Trinajstić information content (AvgIpc) is 1.82. The highest BCUT2D eigenvalue weighted by Gasteiger charge is 2.27. The largest absolute Gasteiger partial charge is 0.487 e. The van der Waals surface area contributed by atoms with Crippen LogP contribution in [-0.2, 0) is 0 Å². The van der Waals surface area contributed by atoms with Crippen molar-refractivity contribution in [2.45, 2.75) is 5.57 Å². The van der Waals surface area contributed by atoms with Crippen LogP contribution in [0.2, 0.25) is 0 Å². The Morgan fingerprint density at radius 1 is 1.33 bits per heavy atom. The molecule has 1 aromatic carbocycles. The molecule has 0 spiro atoms. The summed E-state index contributed by atoms with van der Waals surface area (Å²) in [6.45, 7) is 0. The summed E-state index contributed by atoms with van der Waals surface area (Å²) in [6, 6.07) is 4.35. The van der Waals surface area contributed by atoms with Crippen LogP contribution in [0.25, 0.3) is 0 Å². The summed E-state index contributed by atoms with van der Waals surface area (Å²) in [5.41, 5.74) is -3.80. The van der Waals surface area contributed by atoms with Gasteiger partial charge in [0, 0.05) is 17.7 Å². The van der Waals surface area contributed by atoms with E-state index in [1.54, 1.807) is 0 Å². The molecular weight excluding hydrogens is 193 g/mol. The predicted octanol–water partition coefficient (Wildman–Crippen LogP) is 2.99. The summed E-state index contributed by atoms with van der Waals surface area (Å²) in [4.78, 5) is 0. The summed E-state index contributed by atoms with van der Waals surface area (Å²) < 4.78 is 40.2. The minimum Gasteiger partial charge on any atom is -0.420 e. The third kappa shape index (κ3) is 3.00. The van der Waals surface area contributed by atoms with E-state index < -0.39 is 11.4 Å². The van der Waals surface area contributed by atoms with E-state index in [2.05, 4.69) is 16.3 Å². The van der Waals surface area contributed by atoms with Crippen molar-refractivity contribution in [1.82, 2.24) is 0 Å². The fourth-order valence-corrected chi connectivity index (χ4v) is 0.753. The van der Waals surface area contributed by atoms with Gasteiger partial charge in [-0.05, 0) is 12.1 Å². The Hall–Kier alpha value is -0.900. The average molecular weight is 197 g/mol. The summed E-state index contributed by atoms with van der Waals surface area (Å²) in [6.07, 6.45) is 0. The maximum Gasteiger partial charge on any atom is 0.487 e. The molecule has 0 N–H and O–H groups in total. The molecule has 0 atom stereocenters. The second-order valence-corrected chi connectivity index (χ2v) is 2.45. The van der Waals surface area contributed by atoms with Gasteiger partial charge in [-0.3, -0.25) is 0 Å². The zero-order chi connectivity index (χ0) is 9.19. The van der Waals surface area contributed by atoms with Gasteiger partial charge in [-0.1, -0.05) is 6.07 Å². The first-order chi connectivity index (χ1) is 5.47. The Morgan fingerprint density at radius 3 is 2.50 bits per heavy atom. The Balaban J connectivity index is 2.77. The van der Waals surface area contributed by atoms with Crippen molar-refractivity contribution < 1.29 is 17.9 Å². The molecule has 0 bridgehead atoms. The van der Waals surface area contributed by atoms with Gasteiger partial charge in [0.2, 0.25) is 0 Å². The second-order valence-electron chi connectivity index (χ2n) is 2.01. The van der Waals surface area contributed by atoms with E-state index in [0.29, 0.717) is 0 Å². The van der Waals surface area contributed by atoms with E-state index in [1.165, 1.54) is 12.1 Å². The molecule has 0 heterocycles. The monoisotopic (exact) mass is 196 g/mol. The fraction of sp³-hybridized carbons (Fsp3) is 0.143. The van der Waals surface area contributed by atoms with Gasteiger partial charge in [0.25, 0.3) is 0 Å². The molecule has 12 heavy (non-hydrogen) atoms. The number of hydrogen-bond acceptors (Lipinski definition) is 1. The van der Waals surface area contributed by atoms with Crippen LogP contribution in [0.1, 0.15) is 0 Å². The quantitative estimate of drug-likeness (QED) is 0.661. The van der Waals surface area contributed by atoms with Crippen LogP contribution >= 0.6 is 11.6 Å². The first-order valence-electron chi connectivity index (χ1n) is 2.99. The fourth-order valence-electron chi connectivity index (χ4n) is 0.664. The van der Waals surface area contributed by atoms with E-state index in [1.807, 2.05) is 0 Å². The first kappa shape index (κ1) is 9.19.